The lowest BCUT2D eigenvalue weighted by Crippen LogP contribution is -2.04. The number of aromatic nitrogens is 3. The second-order valence-corrected chi connectivity index (χ2v) is 3.71. The van der Waals surface area contributed by atoms with E-state index >= 15 is 0 Å². The maximum absolute atomic E-state index is 6.02. The molecule has 0 amide bonds. The topological polar surface area (TPSA) is 56.7 Å². The first-order valence-electron chi connectivity index (χ1n) is 4.54. The Balaban J connectivity index is 2.29. The van der Waals surface area contributed by atoms with Crippen LogP contribution in [0.3, 0.4) is 0 Å². The summed E-state index contributed by atoms with van der Waals surface area (Å²) in [5.41, 5.74) is 6.94. The van der Waals surface area contributed by atoms with Gasteiger partial charge < -0.3 is 10.3 Å². The molecule has 2 aromatic rings. The summed E-state index contributed by atoms with van der Waals surface area (Å²) in [5, 5.41) is 0.586. The van der Waals surface area contributed by atoms with Gasteiger partial charge in [0.2, 0.25) is 0 Å². The van der Waals surface area contributed by atoms with E-state index in [0.29, 0.717) is 17.3 Å². The SMILES string of the molecule is Cc1nccn1Cc1ncc(N)cc1Cl. The van der Waals surface area contributed by atoms with Gasteiger partial charge in [-0.1, -0.05) is 11.6 Å². The minimum absolute atomic E-state index is 0.575. The fraction of sp³-hybridized carbons (Fsp3) is 0.200. The lowest BCUT2D eigenvalue weighted by Gasteiger charge is -2.06. The standard InChI is InChI=1S/C10H11ClN4/c1-7-13-2-3-15(7)6-10-9(11)4-8(12)5-14-10/h2-5H,6,12H2,1H3. The monoisotopic (exact) mass is 222 g/mol. The van der Waals surface area contributed by atoms with Gasteiger partial charge in [0.15, 0.2) is 0 Å². The molecule has 0 aliphatic heterocycles. The number of nitrogen functional groups attached to an aromatic ring is 1. The normalized spacial score (nSPS) is 10.5. The van der Waals surface area contributed by atoms with Gasteiger partial charge in [0.05, 0.1) is 29.1 Å². The van der Waals surface area contributed by atoms with Gasteiger partial charge in [-0.3, -0.25) is 4.98 Å². The number of anilines is 1. The summed E-state index contributed by atoms with van der Waals surface area (Å²) in [4.78, 5) is 8.32. The molecule has 78 valence electrons. The Morgan fingerprint density at radius 3 is 2.87 bits per heavy atom. The van der Waals surface area contributed by atoms with Gasteiger partial charge in [0.25, 0.3) is 0 Å². The van der Waals surface area contributed by atoms with Crippen LogP contribution < -0.4 is 5.73 Å². The summed E-state index contributed by atoms with van der Waals surface area (Å²) in [6.45, 7) is 2.55. The molecule has 2 aromatic heterocycles. The fourth-order valence-electron chi connectivity index (χ4n) is 1.33. The Labute approximate surface area is 92.7 Å². The first-order chi connectivity index (χ1) is 7.16. The number of pyridine rings is 1. The molecule has 0 aliphatic rings. The zero-order valence-electron chi connectivity index (χ0n) is 8.31. The lowest BCUT2D eigenvalue weighted by atomic mass is 10.3. The largest absolute Gasteiger partial charge is 0.397 e. The van der Waals surface area contributed by atoms with Gasteiger partial charge in [0, 0.05) is 12.4 Å². The molecule has 4 nitrogen and oxygen atoms in total. The third-order valence-electron chi connectivity index (χ3n) is 2.18. The second kappa shape index (κ2) is 3.90. The molecule has 0 spiro atoms. The molecule has 0 aliphatic carbocycles. The zero-order valence-corrected chi connectivity index (χ0v) is 9.07. The molecule has 5 heteroatoms. The average molecular weight is 223 g/mol. The van der Waals surface area contributed by atoms with E-state index in [4.69, 9.17) is 17.3 Å². The molecule has 0 bridgehead atoms. The third kappa shape index (κ3) is 2.10. The van der Waals surface area contributed by atoms with Crippen molar-refractivity contribution in [1.82, 2.24) is 14.5 Å². The van der Waals surface area contributed by atoms with Crippen molar-refractivity contribution >= 4 is 17.3 Å². The lowest BCUT2D eigenvalue weighted by molar-refractivity contribution is 0.742. The summed E-state index contributed by atoms with van der Waals surface area (Å²) in [5.74, 6) is 0.935. The summed E-state index contributed by atoms with van der Waals surface area (Å²) in [6.07, 6.45) is 5.25. The van der Waals surface area contributed by atoms with Crippen molar-refractivity contribution < 1.29 is 0 Å². The van der Waals surface area contributed by atoms with Gasteiger partial charge in [-0.15, -0.1) is 0 Å². The van der Waals surface area contributed by atoms with Gasteiger partial charge in [0.1, 0.15) is 5.82 Å². The van der Waals surface area contributed by atoms with Crippen molar-refractivity contribution in [2.45, 2.75) is 13.5 Å². The molecule has 2 rings (SSSR count). The van der Waals surface area contributed by atoms with Crippen molar-refractivity contribution in [3.63, 3.8) is 0 Å². The van der Waals surface area contributed by atoms with E-state index in [1.165, 1.54) is 0 Å². The van der Waals surface area contributed by atoms with Crippen LogP contribution in [0.5, 0.6) is 0 Å². The molecule has 0 unspecified atom stereocenters. The molecule has 0 fully saturated rings. The predicted molar refractivity (Wildman–Crippen MR) is 59.7 cm³/mol. The Morgan fingerprint density at radius 1 is 1.47 bits per heavy atom. The number of aryl methyl sites for hydroxylation is 1. The molecule has 0 radical (unpaired) electrons. The molecule has 15 heavy (non-hydrogen) atoms. The number of nitrogens with two attached hydrogens (primary N) is 1. The zero-order chi connectivity index (χ0) is 10.8. The second-order valence-electron chi connectivity index (χ2n) is 3.30. The van der Waals surface area contributed by atoms with Crippen molar-refractivity contribution in [1.29, 1.82) is 0 Å². The van der Waals surface area contributed by atoms with Crippen LogP contribution in [0.2, 0.25) is 5.02 Å². The summed E-state index contributed by atoms with van der Waals surface area (Å²) < 4.78 is 1.98. The van der Waals surface area contributed by atoms with Crippen molar-refractivity contribution in [3.05, 3.63) is 41.2 Å². The van der Waals surface area contributed by atoms with E-state index in [9.17, 15) is 0 Å². The van der Waals surface area contributed by atoms with E-state index in [-0.39, 0.29) is 0 Å². The van der Waals surface area contributed by atoms with Crippen LogP contribution in [0.15, 0.2) is 24.7 Å². The Kier molecular flexibility index (Phi) is 2.60. The molecular weight excluding hydrogens is 212 g/mol. The number of hydrogen-bond acceptors (Lipinski definition) is 3. The maximum Gasteiger partial charge on any atom is 0.105 e. The molecular formula is C10H11ClN4. The van der Waals surface area contributed by atoms with Gasteiger partial charge >= 0.3 is 0 Å². The molecule has 0 saturated heterocycles. The average Bonchev–Trinajstić information content (AvgIpc) is 2.57. The molecule has 0 saturated carbocycles. The van der Waals surface area contributed by atoms with Crippen LogP contribution >= 0.6 is 11.6 Å². The van der Waals surface area contributed by atoms with Crippen LogP contribution in [0, 0.1) is 6.92 Å². The first-order valence-corrected chi connectivity index (χ1v) is 4.92. The highest BCUT2D eigenvalue weighted by Crippen LogP contribution is 2.17. The highest BCUT2D eigenvalue weighted by Gasteiger charge is 2.04. The van der Waals surface area contributed by atoms with Crippen LogP contribution in [0.1, 0.15) is 11.5 Å². The van der Waals surface area contributed by atoms with Crippen LogP contribution in [-0.4, -0.2) is 14.5 Å². The minimum Gasteiger partial charge on any atom is -0.397 e. The van der Waals surface area contributed by atoms with E-state index in [1.54, 1.807) is 18.5 Å². The molecule has 0 aromatic carbocycles. The number of nitrogens with zero attached hydrogens (tertiary/aromatic N) is 3. The quantitative estimate of drug-likeness (QED) is 0.844. The van der Waals surface area contributed by atoms with Gasteiger partial charge in [-0.2, -0.15) is 0 Å². The van der Waals surface area contributed by atoms with Crippen molar-refractivity contribution in [3.8, 4) is 0 Å². The summed E-state index contributed by atoms with van der Waals surface area (Å²) in [7, 11) is 0. The van der Waals surface area contributed by atoms with E-state index in [1.807, 2.05) is 17.7 Å². The Hall–Kier alpha value is -1.55. The number of halogens is 1. The number of imidazole rings is 1. The van der Waals surface area contributed by atoms with Crippen molar-refractivity contribution in [2.75, 3.05) is 5.73 Å². The van der Waals surface area contributed by atoms with E-state index in [0.717, 1.165) is 11.5 Å². The van der Waals surface area contributed by atoms with Crippen molar-refractivity contribution in [2.24, 2.45) is 0 Å². The Morgan fingerprint density at radius 2 is 2.27 bits per heavy atom. The highest BCUT2D eigenvalue weighted by atomic mass is 35.5. The molecule has 2 N–H and O–H groups in total. The van der Waals surface area contributed by atoms with E-state index < -0.39 is 0 Å². The Bertz CT molecular complexity index is 478. The minimum atomic E-state index is 0.575. The fourth-order valence-corrected chi connectivity index (χ4v) is 1.56. The highest BCUT2D eigenvalue weighted by molar-refractivity contribution is 6.31. The third-order valence-corrected chi connectivity index (χ3v) is 2.51. The number of hydrogen-bond donors (Lipinski definition) is 1. The van der Waals surface area contributed by atoms with Crippen LogP contribution in [-0.2, 0) is 6.54 Å². The van der Waals surface area contributed by atoms with Gasteiger partial charge in [-0.05, 0) is 13.0 Å². The maximum atomic E-state index is 6.02. The van der Waals surface area contributed by atoms with Crippen LogP contribution in [0.25, 0.3) is 0 Å². The molecule has 0 atom stereocenters. The van der Waals surface area contributed by atoms with Gasteiger partial charge in [-0.25, -0.2) is 4.98 Å². The predicted octanol–water partition coefficient (Wildman–Crippen LogP) is 1.87. The number of rotatable bonds is 2. The molecule has 2 heterocycles. The van der Waals surface area contributed by atoms with E-state index in [2.05, 4.69) is 9.97 Å². The summed E-state index contributed by atoms with van der Waals surface area (Å²) >= 11 is 6.02. The smallest absolute Gasteiger partial charge is 0.105 e. The first kappa shape index (κ1) is 9.98. The van der Waals surface area contributed by atoms with Crippen LogP contribution in [0.4, 0.5) is 5.69 Å². The summed E-state index contributed by atoms with van der Waals surface area (Å²) in [6, 6.07) is 1.70.